The summed E-state index contributed by atoms with van der Waals surface area (Å²) in [5.41, 5.74) is 2.96. The average Bonchev–Trinajstić information content (AvgIpc) is 2.89. The van der Waals surface area contributed by atoms with Gasteiger partial charge in [-0.3, -0.25) is 0 Å². The molecule has 0 saturated heterocycles. The van der Waals surface area contributed by atoms with Crippen molar-refractivity contribution in [3.63, 3.8) is 0 Å². The monoisotopic (exact) mass is 253 g/mol. The van der Waals surface area contributed by atoms with Crippen LogP contribution in [-0.4, -0.2) is 26.5 Å². The van der Waals surface area contributed by atoms with Gasteiger partial charge in [-0.2, -0.15) is 4.68 Å². The molecule has 0 aliphatic heterocycles. The molecule has 0 radical (unpaired) electrons. The summed E-state index contributed by atoms with van der Waals surface area (Å²) in [6.45, 7) is 3.78. The number of rotatable bonds is 4. The van der Waals surface area contributed by atoms with Gasteiger partial charge in [-0.05, 0) is 24.7 Å². The lowest BCUT2D eigenvalue weighted by molar-refractivity contribution is 0.707. The van der Waals surface area contributed by atoms with Gasteiger partial charge in [0.2, 0.25) is 0 Å². The van der Waals surface area contributed by atoms with Crippen LogP contribution >= 0.6 is 0 Å². The van der Waals surface area contributed by atoms with Crippen LogP contribution in [0.25, 0.3) is 16.9 Å². The summed E-state index contributed by atoms with van der Waals surface area (Å²) in [4.78, 5) is 4.44. The van der Waals surface area contributed by atoms with E-state index in [1.807, 2.05) is 30.3 Å². The van der Waals surface area contributed by atoms with Crippen molar-refractivity contribution in [2.45, 2.75) is 13.5 Å². The minimum atomic E-state index is 0.772. The van der Waals surface area contributed by atoms with Crippen molar-refractivity contribution in [1.29, 1.82) is 0 Å². The number of benzene rings is 1. The molecular weight excluding hydrogens is 238 g/mol. The zero-order valence-corrected chi connectivity index (χ0v) is 10.7. The van der Waals surface area contributed by atoms with E-state index in [1.54, 1.807) is 10.9 Å². The summed E-state index contributed by atoms with van der Waals surface area (Å²) >= 11 is 0. The van der Waals surface area contributed by atoms with Crippen molar-refractivity contribution >= 4 is 11.0 Å². The van der Waals surface area contributed by atoms with E-state index in [4.69, 9.17) is 0 Å². The largest absolute Gasteiger partial charge is 0.313 e. The van der Waals surface area contributed by atoms with Gasteiger partial charge in [0.15, 0.2) is 5.82 Å². The van der Waals surface area contributed by atoms with E-state index in [0.29, 0.717) is 0 Å². The first-order valence-electron chi connectivity index (χ1n) is 6.35. The quantitative estimate of drug-likeness (QED) is 0.772. The van der Waals surface area contributed by atoms with Gasteiger partial charge in [0.25, 0.3) is 0 Å². The third-order valence-corrected chi connectivity index (χ3v) is 2.99. The Labute approximate surface area is 111 Å². The highest BCUT2D eigenvalue weighted by atomic mass is 15.4. The topological polar surface area (TPSA) is 55.6 Å². The predicted octanol–water partition coefficient (Wildman–Crippen LogP) is 1.92. The van der Waals surface area contributed by atoms with Crippen LogP contribution in [-0.2, 0) is 6.54 Å². The van der Waals surface area contributed by atoms with Crippen molar-refractivity contribution in [3.8, 4) is 5.82 Å². The molecule has 0 atom stereocenters. The molecule has 2 aromatic heterocycles. The summed E-state index contributed by atoms with van der Waals surface area (Å²) in [5, 5.41) is 11.7. The summed E-state index contributed by atoms with van der Waals surface area (Å²) < 4.78 is 1.79. The van der Waals surface area contributed by atoms with Crippen LogP contribution in [0, 0.1) is 0 Å². The molecule has 0 saturated carbocycles. The standard InChI is InChI=1S/C14H15N5/c1-2-15-10-11-6-5-9-16-14(11)19-13-8-4-3-7-12(13)17-18-19/h3-9,15H,2,10H2,1H3. The van der Waals surface area contributed by atoms with Crippen LogP contribution < -0.4 is 5.32 Å². The molecule has 0 amide bonds. The highest BCUT2D eigenvalue weighted by molar-refractivity contribution is 5.75. The maximum absolute atomic E-state index is 4.44. The molecule has 1 N–H and O–H groups in total. The average molecular weight is 253 g/mol. The van der Waals surface area contributed by atoms with Crippen LogP contribution in [0.3, 0.4) is 0 Å². The van der Waals surface area contributed by atoms with E-state index >= 15 is 0 Å². The number of hydrogen-bond acceptors (Lipinski definition) is 4. The first-order chi connectivity index (χ1) is 9.40. The van der Waals surface area contributed by atoms with E-state index in [1.165, 1.54) is 0 Å². The molecule has 0 fully saturated rings. The molecule has 19 heavy (non-hydrogen) atoms. The van der Waals surface area contributed by atoms with Gasteiger partial charge < -0.3 is 5.32 Å². The molecule has 1 aromatic carbocycles. The summed E-state index contributed by atoms with van der Waals surface area (Å²) in [5.74, 6) is 0.831. The lowest BCUT2D eigenvalue weighted by atomic mass is 10.2. The molecule has 0 aliphatic carbocycles. The number of pyridine rings is 1. The third-order valence-electron chi connectivity index (χ3n) is 2.99. The molecule has 0 spiro atoms. The van der Waals surface area contributed by atoms with E-state index in [-0.39, 0.29) is 0 Å². The fourth-order valence-electron chi connectivity index (χ4n) is 2.04. The molecule has 3 aromatic rings. The summed E-state index contributed by atoms with van der Waals surface area (Å²) in [6.07, 6.45) is 1.78. The van der Waals surface area contributed by atoms with Gasteiger partial charge in [0.05, 0.1) is 5.52 Å². The lowest BCUT2D eigenvalue weighted by Crippen LogP contribution is -2.15. The Bertz CT molecular complexity index is 689. The summed E-state index contributed by atoms with van der Waals surface area (Å²) in [7, 11) is 0. The first kappa shape index (κ1) is 11.8. The molecule has 5 nitrogen and oxygen atoms in total. The van der Waals surface area contributed by atoms with E-state index in [9.17, 15) is 0 Å². The Hall–Kier alpha value is -2.27. The zero-order chi connectivity index (χ0) is 13.1. The van der Waals surface area contributed by atoms with Gasteiger partial charge >= 0.3 is 0 Å². The molecule has 96 valence electrons. The molecule has 0 aliphatic rings. The number of nitrogens with one attached hydrogen (secondary N) is 1. The fourth-order valence-corrected chi connectivity index (χ4v) is 2.04. The van der Waals surface area contributed by atoms with Crippen molar-refractivity contribution in [1.82, 2.24) is 25.3 Å². The number of para-hydroxylation sites is 1. The number of fused-ring (bicyclic) bond motifs is 1. The molecule has 0 bridgehead atoms. The van der Waals surface area contributed by atoms with Gasteiger partial charge in [-0.1, -0.05) is 30.3 Å². The second-order valence-corrected chi connectivity index (χ2v) is 4.26. The number of hydrogen-bond donors (Lipinski definition) is 1. The van der Waals surface area contributed by atoms with E-state index in [2.05, 4.69) is 33.6 Å². The van der Waals surface area contributed by atoms with Gasteiger partial charge in [0, 0.05) is 18.3 Å². The Morgan fingerprint density at radius 2 is 2.05 bits per heavy atom. The Morgan fingerprint density at radius 3 is 2.95 bits per heavy atom. The van der Waals surface area contributed by atoms with Gasteiger partial charge in [-0.15, -0.1) is 5.10 Å². The highest BCUT2D eigenvalue weighted by Gasteiger charge is 2.10. The molecule has 2 heterocycles. The Kier molecular flexibility index (Phi) is 3.20. The minimum absolute atomic E-state index is 0.772. The van der Waals surface area contributed by atoms with E-state index < -0.39 is 0 Å². The number of aromatic nitrogens is 4. The van der Waals surface area contributed by atoms with Crippen molar-refractivity contribution in [3.05, 3.63) is 48.2 Å². The molecule has 5 heteroatoms. The highest BCUT2D eigenvalue weighted by Crippen LogP contribution is 2.17. The normalized spacial score (nSPS) is 11.0. The SMILES string of the molecule is CCNCc1cccnc1-n1nnc2ccccc21. The molecule has 0 unspecified atom stereocenters. The van der Waals surface area contributed by atoms with Gasteiger partial charge in [0.1, 0.15) is 5.52 Å². The third kappa shape index (κ3) is 2.20. The summed E-state index contributed by atoms with van der Waals surface area (Å²) in [6, 6.07) is 11.9. The van der Waals surface area contributed by atoms with Crippen molar-refractivity contribution in [2.75, 3.05) is 6.54 Å². The van der Waals surface area contributed by atoms with Gasteiger partial charge in [-0.25, -0.2) is 4.98 Å². The smallest absolute Gasteiger partial charge is 0.160 e. The molecule has 3 rings (SSSR count). The second-order valence-electron chi connectivity index (χ2n) is 4.26. The van der Waals surface area contributed by atoms with Crippen LogP contribution in [0.5, 0.6) is 0 Å². The number of nitrogens with zero attached hydrogens (tertiary/aromatic N) is 4. The second kappa shape index (κ2) is 5.16. The van der Waals surface area contributed by atoms with Crippen molar-refractivity contribution in [2.24, 2.45) is 0 Å². The molecular formula is C14H15N5. The van der Waals surface area contributed by atoms with Crippen LogP contribution in [0.1, 0.15) is 12.5 Å². The lowest BCUT2D eigenvalue weighted by Gasteiger charge is -2.08. The predicted molar refractivity (Wildman–Crippen MR) is 74.0 cm³/mol. The Balaban J connectivity index is 2.11. The maximum atomic E-state index is 4.44. The van der Waals surface area contributed by atoms with Crippen molar-refractivity contribution < 1.29 is 0 Å². The van der Waals surface area contributed by atoms with Crippen LogP contribution in [0.2, 0.25) is 0 Å². The van der Waals surface area contributed by atoms with Crippen LogP contribution in [0.4, 0.5) is 0 Å². The van der Waals surface area contributed by atoms with Crippen LogP contribution in [0.15, 0.2) is 42.6 Å². The first-order valence-corrected chi connectivity index (χ1v) is 6.35. The minimum Gasteiger partial charge on any atom is -0.313 e. The van der Waals surface area contributed by atoms with E-state index in [0.717, 1.165) is 35.5 Å². The maximum Gasteiger partial charge on any atom is 0.160 e. The zero-order valence-electron chi connectivity index (χ0n) is 10.7. The Morgan fingerprint density at radius 1 is 1.16 bits per heavy atom. The fraction of sp³-hybridized carbons (Fsp3) is 0.214.